The molecule has 168 valence electrons. The summed E-state index contributed by atoms with van der Waals surface area (Å²) in [5.74, 6) is -0.413. The van der Waals surface area contributed by atoms with Crippen molar-refractivity contribution in [2.24, 2.45) is 0 Å². The van der Waals surface area contributed by atoms with E-state index >= 15 is 0 Å². The molecular formula is C22H19ClF3N3O3. The molecule has 6 nitrogen and oxygen atoms in total. The van der Waals surface area contributed by atoms with E-state index in [4.69, 9.17) is 11.6 Å². The summed E-state index contributed by atoms with van der Waals surface area (Å²) in [6, 6.07) is 11.9. The van der Waals surface area contributed by atoms with E-state index in [2.05, 4.69) is 9.72 Å². The van der Waals surface area contributed by atoms with E-state index in [-0.39, 0.29) is 23.4 Å². The zero-order valence-electron chi connectivity index (χ0n) is 16.7. The average molecular weight is 466 g/mol. The lowest BCUT2D eigenvalue weighted by Crippen LogP contribution is -2.40. The average Bonchev–Trinajstić information content (AvgIpc) is 3.15. The number of H-pyrrole nitrogens is 1. The quantitative estimate of drug-likeness (QED) is 0.597. The molecule has 4 rings (SSSR count). The van der Waals surface area contributed by atoms with Gasteiger partial charge in [-0.3, -0.25) is 9.36 Å². The summed E-state index contributed by atoms with van der Waals surface area (Å²) in [6.07, 6.45) is -1.89. The number of piperidine rings is 1. The normalized spacial score (nSPS) is 15.1. The van der Waals surface area contributed by atoms with Crippen molar-refractivity contribution >= 4 is 17.5 Å². The maximum atomic E-state index is 12.7. The standard InChI is InChI=1S/C22H19ClF3N3O3/c23-16-5-1-15(2-6-16)20(30)28-11-9-17(10-12-28)29-13-19(27-21(29)31)14-3-7-18(8-4-14)32-22(24,25)26/h1-8,13,17H,9-12H2,(H,27,31). The van der Waals surface area contributed by atoms with E-state index in [1.165, 1.54) is 24.3 Å². The fraction of sp³-hybridized carbons (Fsp3) is 0.273. The molecule has 0 bridgehead atoms. The van der Waals surface area contributed by atoms with Gasteiger partial charge in [0, 0.05) is 35.9 Å². The molecule has 3 aromatic rings. The minimum absolute atomic E-state index is 0.0802. The number of likely N-dealkylation sites (tertiary alicyclic amines) is 1. The van der Waals surface area contributed by atoms with Gasteiger partial charge in [0.25, 0.3) is 5.91 Å². The molecule has 1 saturated heterocycles. The van der Waals surface area contributed by atoms with Crippen LogP contribution in [0.2, 0.25) is 5.02 Å². The van der Waals surface area contributed by atoms with Crippen LogP contribution >= 0.6 is 11.6 Å². The third-order valence-electron chi connectivity index (χ3n) is 5.38. The van der Waals surface area contributed by atoms with Gasteiger partial charge < -0.3 is 14.6 Å². The van der Waals surface area contributed by atoms with Gasteiger partial charge >= 0.3 is 12.1 Å². The number of aromatic amines is 1. The highest BCUT2D eigenvalue weighted by molar-refractivity contribution is 6.30. The molecule has 0 radical (unpaired) electrons. The first-order valence-corrected chi connectivity index (χ1v) is 10.3. The lowest BCUT2D eigenvalue weighted by Gasteiger charge is -2.32. The van der Waals surface area contributed by atoms with E-state index in [1.807, 2.05) is 0 Å². The number of nitrogens with one attached hydrogen (secondary N) is 1. The fourth-order valence-electron chi connectivity index (χ4n) is 3.79. The second kappa shape index (κ2) is 8.74. The largest absolute Gasteiger partial charge is 0.573 e. The minimum Gasteiger partial charge on any atom is -0.406 e. The summed E-state index contributed by atoms with van der Waals surface area (Å²) in [5, 5.41) is 0.561. The Hall–Kier alpha value is -3.20. The lowest BCUT2D eigenvalue weighted by atomic mass is 10.0. The molecule has 0 aliphatic carbocycles. The number of aromatic nitrogens is 2. The zero-order valence-corrected chi connectivity index (χ0v) is 17.5. The Balaban J connectivity index is 1.42. The number of nitrogens with zero attached hydrogens (tertiary/aromatic N) is 2. The number of hydrogen-bond acceptors (Lipinski definition) is 3. The number of imidazole rings is 1. The van der Waals surface area contributed by atoms with E-state index in [0.717, 1.165) is 0 Å². The summed E-state index contributed by atoms with van der Waals surface area (Å²) in [7, 11) is 0. The van der Waals surface area contributed by atoms with Gasteiger partial charge in [0.2, 0.25) is 0 Å². The Morgan fingerprint density at radius 2 is 1.66 bits per heavy atom. The summed E-state index contributed by atoms with van der Waals surface area (Å²) in [5.41, 5.74) is 1.31. The molecule has 0 saturated carbocycles. The van der Waals surface area contributed by atoms with Gasteiger partial charge in [0.05, 0.1) is 5.69 Å². The van der Waals surface area contributed by atoms with Gasteiger partial charge in [-0.2, -0.15) is 0 Å². The molecule has 2 aromatic carbocycles. The molecule has 1 N–H and O–H groups in total. The Morgan fingerprint density at radius 3 is 2.25 bits per heavy atom. The van der Waals surface area contributed by atoms with Crippen molar-refractivity contribution < 1.29 is 22.7 Å². The van der Waals surface area contributed by atoms with Crippen LogP contribution in [0.4, 0.5) is 13.2 Å². The third-order valence-corrected chi connectivity index (χ3v) is 5.63. The molecule has 1 aliphatic rings. The number of hydrogen-bond donors (Lipinski definition) is 1. The Labute approximate surface area is 186 Å². The zero-order chi connectivity index (χ0) is 22.9. The van der Waals surface area contributed by atoms with Gasteiger partial charge in [-0.15, -0.1) is 13.2 Å². The van der Waals surface area contributed by atoms with Crippen molar-refractivity contribution in [3.05, 3.63) is 75.8 Å². The summed E-state index contributed by atoms with van der Waals surface area (Å²) >= 11 is 5.87. The molecule has 2 heterocycles. The van der Waals surface area contributed by atoms with E-state index in [9.17, 15) is 22.8 Å². The highest BCUT2D eigenvalue weighted by atomic mass is 35.5. The molecule has 0 spiro atoms. The van der Waals surface area contributed by atoms with Crippen LogP contribution in [0, 0.1) is 0 Å². The molecule has 1 aliphatic heterocycles. The SMILES string of the molecule is O=C(c1ccc(Cl)cc1)N1CCC(n2cc(-c3ccc(OC(F)(F)F)cc3)[nH]c2=O)CC1. The first-order chi connectivity index (χ1) is 15.2. The summed E-state index contributed by atoms with van der Waals surface area (Å²) in [6.45, 7) is 1.01. The number of amides is 1. The second-order valence-corrected chi connectivity index (χ2v) is 7.92. The smallest absolute Gasteiger partial charge is 0.406 e. The van der Waals surface area contributed by atoms with Crippen molar-refractivity contribution in [3.63, 3.8) is 0 Å². The molecule has 1 fully saturated rings. The van der Waals surface area contributed by atoms with Gasteiger partial charge in [-0.1, -0.05) is 11.6 Å². The number of rotatable bonds is 4. The van der Waals surface area contributed by atoms with Crippen molar-refractivity contribution in [1.82, 2.24) is 14.5 Å². The van der Waals surface area contributed by atoms with Crippen LogP contribution in [-0.4, -0.2) is 39.8 Å². The van der Waals surface area contributed by atoms with Crippen molar-refractivity contribution in [2.45, 2.75) is 25.2 Å². The molecule has 0 atom stereocenters. The number of benzene rings is 2. The Kier molecular flexibility index (Phi) is 6.01. The van der Waals surface area contributed by atoms with Gasteiger partial charge in [0.15, 0.2) is 0 Å². The summed E-state index contributed by atoms with van der Waals surface area (Å²) < 4.78 is 42.4. The molecule has 1 aromatic heterocycles. The predicted octanol–water partition coefficient (Wildman–Crippen LogP) is 4.87. The predicted molar refractivity (Wildman–Crippen MR) is 113 cm³/mol. The van der Waals surface area contributed by atoms with Gasteiger partial charge in [-0.25, -0.2) is 4.79 Å². The number of ether oxygens (including phenoxy) is 1. The maximum absolute atomic E-state index is 12.7. The van der Waals surface area contributed by atoms with Gasteiger partial charge in [0.1, 0.15) is 5.75 Å². The van der Waals surface area contributed by atoms with Crippen LogP contribution in [0.3, 0.4) is 0 Å². The molecular weight excluding hydrogens is 447 g/mol. The summed E-state index contributed by atoms with van der Waals surface area (Å²) in [4.78, 5) is 29.6. The van der Waals surface area contributed by atoms with Gasteiger partial charge in [-0.05, 0) is 66.9 Å². The van der Waals surface area contributed by atoms with E-state index < -0.39 is 6.36 Å². The number of halogens is 4. The topological polar surface area (TPSA) is 67.3 Å². The highest BCUT2D eigenvalue weighted by Crippen LogP contribution is 2.27. The second-order valence-electron chi connectivity index (χ2n) is 7.48. The molecule has 32 heavy (non-hydrogen) atoms. The van der Waals surface area contributed by atoms with Crippen LogP contribution in [0.15, 0.2) is 59.5 Å². The van der Waals surface area contributed by atoms with E-state index in [0.29, 0.717) is 47.8 Å². The Bertz CT molecular complexity index is 1150. The van der Waals surface area contributed by atoms with Crippen LogP contribution in [0.1, 0.15) is 29.2 Å². The van der Waals surface area contributed by atoms with Crippen molar-refractivity contribution in [1.29, 1.82) is 0 Å². The number of carbonyl (C=O) groups is 1. The monoisotopic (exact) mass is 465 g/mol. The minimum atomic E-state index is -4.76. The van der Waals surface area contributed by atoms with Crippen LogP contribution in [0.5, 0.6) is 5.75 Å². The molecule has 1 amide bonds. The first-order valence-electron chi connectivity index (χ1n) is 9.92. The first kappa shape index (κ1) is 22.0. The highest BCUT2D eigenvalue weighted by Gasteiger charge is 2.31. The molecule has 10 heteroatoms. The maximum Gasteiger partial charge on any atom is 0.573 e. The van der Waals surface area contributed by atoms with Crippen LogP contribution < -0.4 is 10.4 Å². The number of alkyl halides is 3. The number of carbonyl (C=O) groups excluding carboxylic acids is 1. The van der Waals surface area contributed by atoms with Crippen molar-refractivity contribution in [2.75, 3.05) is 13.1 Å². The lowest BCUT2D eigenvalue weighted by molar-refractivity contribution is -0.274. The van der Waals surface area contributed by atoms with E-state index in [1.54, 1.807) is 39.9 Å². The molecule has 0 unspecified atom stereocenters. The van der Waals surface area contributed by atoms with Crippen molar-refractivity contribution in [3.8, 4) is 17.0 Å². The third kappa shape index (κ3) is 4.99. The fourth-order valence-corrected chi connectivity index (χ4v) is 3.91. The van der Waals surface area contributed by atoms with Crippen LogP contribution in [0.25, 0.3) is 11.3 Å². The van der Waals surface area contributed by atoms with Crippen LogP contribution in [-0.2, 0) is 0 Å². The Morgan fingerprint density at radius 1 is 1.03 bits per heavy atom.